The predicted octanol–water partition coefficient (Wildman–Crippen LogP) is 10.3. The lowest BCUT2D eigenvalue weighted by Crippen LogP contribution is -2.16. The standard InChI is InChI=1S/C39H33NO2S/c1-4-5-11-25-16-18-27(19-17-25)40(26-12-7-6-8-13-26)28-20-21-32-34(22-28)39(2,3)35-24-29(43-38(32)35)23-33-36(41)30-14-9-10-15-31(30)37(33)42/h6-10,12-24H,4-5,11H2,1-3H3. The van der Waals surface area contributed by atoms with Crippen LogP contribution in [-0.4, -0.2) is 11.6 Å². The quantitative estimate of drug-likeness (QED) is 0.142. The number of rotatable bonds is 7. The molecule has 7 rings (SSSR count). The number of Topliss-reactive ketones (excluding diaryl/α,β-unsaturated/α-hetero) is 2. The molecular formula is C39H33NO2S. The van der Waals surface area contributed by atoms with Gasteiger partial charge in [0.1, 0.15) is 0 Å². The molecule has 0 unspecified atom stereocenters. The van der Waals surface area contributed by atoms with Crippen LogP contribution in [0.2, 0.25) is 0 Å². The van der Waals surface area contributed by atoms with Gasteiger partial charge in [-0.3, -0.25) is 9.59 Å². The van der Waals surface area contributed by atoms with E-state index in [0.717, 1.165) is 28.4 Å². The molecule has 5 aromatic rings. The minimum atomic E-state index is -0.229. The summed E-state index contributed by atoms with van der Waals surface area (Å²) in [4.78, 5) is 30.5. The number of carbonyl (C=O) groups is 2. The van der Waals surface area contributed by atoms with Gasteiger partial charge in [0.15, 0.2) is 11.6 Å². The highest BCUT2D eigenvalue weighted by molar-refractivity contribution is 7.16. The zero-order valence-corrected chi connectivity index (χ0v) is 25.5. The largest absolute Gasteiger partial charge is 0.310 e. The summed E-state index contributed by atoms with van der Waals surface area (Å²) < 4.78 is 0. The molecule has 2 aliphatic carbocycles. The number of anilines is 3. The molecule has 4 heteroatoms. The van der Waals surface area contributed by atoms with E-state index < -0.39 is 0 Å². The van der Waals surface area contributed by atoms with Crippen LogP contribution >= 0.6 is 11.3 Å². The van der Waals surface area contributed by atoms with Crippen molar-refractivity contribution in [3.63, 3.8) is 0 Å². The van der Waals surface area contributed by atoms with Crippen molar-refractivity contribution < 1.29 is 9.59 Å². The third-order valence-corrected chi connectivity index (χ3v) is 9.94. The molecular weight excluding hydrogens is 547 g/mol. The second kappa shape index (κ2) is 10.6. The van der Waals surface area contributed by atoms with Crippen molar-refractivity contribution in [3.8, 4) is 10.4 Å². The summed E-state index contributed by atoms with van der Waals surface area (Å²) in [5.74, 6) is -0.365. The summed E-state index contributed by atoms with van der Waals surface area (Å²) in [6, 6.07) is 35.5. The SMILES string of the molecule is CCCCc1ccc(N(c2ccccc2)c2ccc3c(c2)C(C)(C)c2cc(C=C4C(=O)c5ccccc5C4=O)sc2-3)cc1. The minimum Gasteiger partial charge on any atom is -0.310 e. The maximum atomic E-state index is 13.0. The normalized spacial score (nSPS) is 14.4. The minimum absolute atomic E-state index is 0.183. The maximum Gasteiger partial charge on any atom is 0.197 e. The molecule has 0 aliphatic heterocycles. The zero-order chi connectivity index (χ0) is 29.7. The number of ketones is 2. The molecule has 1 aromatic heterocycles. The highest BCUT2D eigenvalue weighted by atomic mass is 32.1. The Balaban J connectivity index is 1.26. The molecule has 1 heterocycles. The lowest BCUT2D eigenvalue weighted by molar-refractivity contribution is 0.0990. The molecule has 0 spiro atoms. The molecule has 2 aliphatic rings. The van der Waals surface area contributed by atoms with Crippen LogP contribution < -0.4 is 4.90 Å². The van der Waals surface area contributed by atoms with Gasteiger partial charge in [-0.05, 0) is 83.6 Å². The zero-order valence-electron chi connectivity index (χ0n) is 24.7. The number of para-hydroxylation sites is 1. The van der Waals surface area contributed by atoms with Crippen molar-refractivity contribution in [1.29, 1.82) is 0 Å². The van der Waals surface area contributed by atoms with E-state index in [9.17, 15) is 9.59 Å². The molecule has 43 heavy (non-hydrogen) atoms. The van der Waals surface area contributed by atoms with Crippen molar-refractivity contribution in [3.05, 3.63) is 141 Å². The first-order valence-electron chi connectivity index (χ1n) is 15.0. The second-order valence-corrected chi connectivity index (χ2v) is 13.0. The number of fused-ring (bicyclic) bond motifs is 4. The fourth-order valence-electron chi connectivity index (χ4n) is 6.44. The van der Waals surface area contributed by atoms with E-state index >= 15 is 0 Å². The average Bonchev–Trinajstić information content (AvgIpc) is 3.63. The Morgan fingerprint density at radius 2 is 1.33 bits per heavy atom. The molecule has 0 bridgehead atoms. The van der Waals surface area contributed by atoms with Gasteiger partial charge in [-0.25, -0.2) is 0 Å². The Hall–Kier alpha value is -4.54. The van der Waals surface area contributed by atoms with Crippen LogP contribution in [0.15, 0.2) is 109 Å². The Labute approximate surface area is 257 Å². The van der Waals surface area contributed by atoms with Gasteiger partial charge < -0.3 is 4.90 Å². The fourth-order valence-corrected chi connectivity index (χ4v) is 7.74. The Morgan fingerprint density at radius 1 is 0.698 bits per heavy atom. The summed E-state index contributed by atoms with van der Waals surface area (Å²) in [6.45, 7) is 6.76. The number of hydrogen-bond acceptors (Lipinski definition) is 4. The lowest BCUT2D eigenvalue weighted by atomic mass is 9.82. The Bertz CT molecular complexity index is 1870. The van der Waals surface area contributed by atoms with Crippen LogP contribution in [0.4, 0.5) is 17.1 Å². The summed E-state index contributed by atoms with van der Waals surface area (Å²) in [5, 5.41) is 0. The van der Waals surface area contributed by atoms with Gasteiger partial charge >= 0.3 is 0 Å². The van der Waals surface area contributed by atoms with Crippen LogP contribution in [0.3, 0.4) is 0 Å². The lowest BCUT2D eigenvalue weighted by Gasteiger charge is -2.28. The van der Waals surface area contributed by atoms with Gasteiger partial charge in [0, 0.05) is 43.4 Å². The number of allylic oxidation sites excluding steroid dienone is 1. The molecule has 0 fully saturated rings. The first kappa shape index (κ1) is 27.3. The monoisotopic (exact) mass is 579 g/mol. The first-order valence-corrected chi connectivity index (χ1v) is 15.8. The van der Waals surface area contributed by atoms with Gasteiger partial charge in [-0.15, -0.1) is 11.3 Å². The third-order valence-electron chi connectivity index (χ3n) is 8.82. The molecule has 0 N–H and O–H groups in total. The highest BCUT2D eigenvalue weighted by Crippen LogP contribution is 2.54. The van der Waals surface area contributed by atoms with Gasteiger partial charge in [0.25, 0.3) is 0 Å². The summed E-state index contributed by atoms with van der Waals surface area (Å²) >= 11 is 1.66. The number of hydrogen-bond donors (Lipinski definition) is 0. The first-order chi connectivity index (χ1) is 20.9. The van der Waals surface area contributed by atoms with Gasteiger partial charge in [-0.2, -0.15) is 0 Å². The van der Waals surface area contributed by atoms with Gasteiger partial charge in [0.05, 0.1) is 5.57 Å². The van der Waals surface area contributed by atoms with Crippen LogP contribution in [0.5, 0.6) is 0 Å². The van der Waals surface area contributed by atoms with Crippen molar-refractivity contribution >= 4 is 46.0 Å². The van der Waals surface area contributed by atoms with Crippen molar-refractivity contribution in [2.45, 2.75) is 45.4 Å². The van der Waals surface area contributed by atoms with E-state index in [1.807, 2.05) is 12.1 Å². The fraction of sp³-hybridized carbons (Fsp3) is 0.179. The van der Waals surface area contributed by atoms with Crippen LogP contribution in [0.1, 0.15) is 75.9 Å². The number of carbonyl (C=O) groups excluding carboxylic acids is 2. The Kier molecular flexibility index (Phi) is 6.75. The summed E-state index contributed by atoms with van der Waals surface area (Å²) in [6.07, 6.45) is 5.28. The van der Waals surface area contributed by atoms with E-state index in [1.165, 1.54) is 40.0 Å². The summed E-state index contributed by atoms with van der Waals surface area (Å²) in [7, 11) is 0. The average molecular weight is 580 g/mol. The number of benzene rings is 4. The Morgan fingerprint density at radius 3 is 2.00 bits per heavy atom. The molecule has 0 saturated heterocycles. The van der Waals surface area contributed by atoms with Crippen molar-refractivity contribution in [2.24, 2.45) is 0 Å². The molecule has 4 aromatic carbocycles. The molecule has 0 atom stereocenters. The topological polar surface area (TPSA) is 37.4 Å². The number of thiophene rings is 1. The number of nitrogens with zero attached hydrogens (tertiary/aromatic N) is 1. The highest BCUT2D eigenvalue weighted by Gasteiger charge is 2.39. The number of unbranched alkanes of at least 4 members (excludes halogenated alkanes) is 1. The smallest absolute Gasteiger partial charge is 0.197 e. The third kappa shape index (κ3) is 4.58. The van der Waals surface area contributed by atoms with Crippen LogP contribution in [-0.2, 0) is 11.8 Å². The molecule has 212 valence electrons. The second-order valence-electron chi connectivity index (χ2n) is 11.9. The van der Waals surface area contributed by atoms with Crippen LogP contribution in [0, 0.1) is 0 Å². The number of aryl methyl sites for hydroxylation is 1. The molecule has 3 nitrogen and oxygen atoms in total. The van der Waals surface area contributed by atoms with E-state index in [1.54, 1.807) is 29.5 Å². The van der Waals surface area contributed by atoms with Crippen molar-refractivity contribution in [1.82, 2.24) is 0 Å². The molecule has 0 amide bonds. The predicted molar refractivity (Wildman–Crippen MR) is 178 cm³/mol. The van der Waals surface area contributed by atoms with E-state index in [4.69, 9.17) is 0 Å². The van der Waals surface area contributed by atoms with E-state index in [0.29, 0.717) is 11.1 Å². The molecule has 0 saturated carbocycles. The van der Waals surface area contributed by atoms with E-state index in [2.05, 4.69) is 105 Å². The summed E-state index contributed by atoms with van der Waals surface area (Å²) in [5.41, 5.74) is 9.51. The van der Waals surface area contributed by atoms with Crippen LogP contribution in [0.25, 0.3) is 16.5 Å². The van der Waals surface area contributed by atoms with E-state index in [-0.39, 0.29) is 22.6 Å². The van der Waals surface area contributed by atoms with Gasteiger partial charge in [-0.1, -0.05) is 87.9 Å². The van der Waals surface area contributed by atoms with Crippen molar-refractivity contribution in [2.75, 3.05) is 4.90 Å². The maximum absolute atomic E-state index is 13.0. The molecule has 0 radical (unpaired) electrons. The van der Waals surface area contributed by atoms with Gasteiger partial charge in [0.2, 0.25) is 0 Å².